The number of azide groups is 1. The summed E-state index contributed by atoms with van der Waals surface area (Å²) in [7, 11) is -1.59. The molecule has 7 nitrogen and oxygen atoms in total. The molecule has 1 aromatic carbocycles. The van der Waals surface area contributed by atoms with E-state index in [0.717, 1.165) is 0 Å². The van der Waals surface area contributed by atoms with Crippen LogP contribution in [0.4, 0.5) is 5.69 Å². The fraction of sp³-hybridized carbons (Fsp3) is 0.471. The van der Waals surface area contributed by atoms with E-state index >= 15 is 0 Å². The van der Waals surface area contributed by atoms with Crippen molar-refractivity contribution in [1.29, 1.82) is 0 Å². The van der Waals surface area contributed by atoms with Crippen LogP contribution < -0.4 is 0 Å². The Bertz CT molecular complexity index is 707. The summed E-state index contributed by atoms with van der Waals surface area (Å²) in [5.41, 5.74) is 13.0. The summed E-state index contributed by atoms with van der Waals surface area (Å²) in [5.74, 6) is 2.40. The van der Waals surface area contributed by atoms with Gasteiger partial charge in [-0.15, -0.1) is 5.54 Å². The smallest absolute Gasteiger partial charge is 0.342 e. The molecule has 0 unspecified atom stereocenters. The van der Waals surface area contributed by atoms with Gasteiger partial charge in [0, 0.05) is 16.2 Å². The van der Waals surface area contributed by atoms with Crippen LogP contribution in [0.15, 0.2) is 23.3 Å². The van der Waals surface area contributed by atoms with E-state index < -0.39 is 20.5 Å². The van der Waals surface area contributed by atoms with Crippen LogP contribution in [0, 0.1) is 11.5 Å². The van der Waals surface area contributed by atoms with E-state index in [1.165, 1.54) is 6.07 Å². The lowest BCUT2D eigenvalue weighted by molar-refractivity contribution is -0.257. The van der Waals surface area contributed by atoms with Crippen LogP contribution >= 0.6 is 0 Å². The van der Waals surface area contributed by atoms with Crippen LogP contribution in [0.1, 0.15) is 29.8 Å². The number of rotatable bonds is 7. The summed E-state index contributed by atoms with van der Waals surface area (Å²) in [4.78, 5) is 15.1. The van der Waals surface area contributed by atoms with Gasteiger partial charge in [0.1, 0.15) is 8.07 Å². The Kier molecular flexibility index (Phi) is 8.18. The van der Waals surface area contributed by atoms with Gasteiger partial charge in [-0.05, 0) is 37.6 Å². The third-order valence-corrected chi connectivity index (χ3v) is 3.58. The number of hydrogen-bond donors (Lipinski definition) is 0. The van der Waals surface area contributed by atoms with Crippen LogP contribution in [-0.2, 0) is 14.2 Å². The van der Waals surface area contributed by atoms with Crippen molar-refractivity contribution in [2.24, 2.45) is 5.11 Å². The van der Waals surface area contributed by atoms with E-state index in [1.807, 2.05) is 0 Å². The zero-order valence-electron chi connectivity index (χ0n) is 15.2. The number of nitrogens with zero attached hydrogens (tertiary/aromatic N) is 3. The summed E-state index contributed by atoms with van der Waals surface area (Å²) >= 11 is 0. The number of carbonyl (C=O) groups excluding carboxylic acids is 1. The van der Waals surface area contributed by atoms with Gasteiger partial charge >= 0.3 is 12.4 Å². The van der Waals surface area contributed by atoms with E-state index in [0.29, 0.717) is 24.5 Å². The summed E-state index contributed by atoms with van der Waals surface area (Å²) < 4.78 is 15.6. The lowest BCUT2D eigenvalue weighted by Crippen LogP contribution is -2.24. The molecule has 0 saturated carbocycles. The molecule has 1 rings (SSSR count). The molecule has 0 aliphatic carbocycles. The topological polar surface area (TPSA) is 93.5 Å². The molecule has 25 heavy (non-hydrogen) atoms. The molecule has 0 saturated heterocycles. The van der Waals surface area contributed by atoms with Gasteiger partial charge in [-0.1, -0.05) is 30.7 Å². The van der Waals surface area contributed by atoms with E-state index in [4.69, 9.17) is 19.7 Å². The zero-order valence-corrected chi connectivity index (χ0v) is 16.2. The largest absolute Gasteiger partial charge is 0.407 e. The Morgan fingerprint density at radius 2 is 1.88 bits per heavy atom. The molecule has 1 aromatic rings. The number of benzene rings is 1. The normalized spacial score (nSPS) is 10.6. The number of esters is 1. The maximum atomic E-state index is 12.4. The molecule has 0 bridgehead atoms. The Balaban J connectivity index is 3.15. The fourth-order valence-corrected chi connectivity index (χ4v) is 2.23. The van der Waals surface area contributed by atoms with Gasteiger partial charge in [0.05, 0.1) is 18.8 Å². The molecule has 0 amide bonds. The molecule has 0 fully saturated rings. The van der Waals surface area contributed by atoms with Crippen molar-refractivity contribution in [3.05, 3.63) is 39.8 Å². The standard InChI is InChI=1S/C17H23N3O4Si/c1-6-22-17(23-7-2)24-16(21)14-10-13(8-9-25(3,4)5)11-15(12-14)19-20-18/h10-12,17H,6-7H2,1-5H3. The molecule has 0 spiro atoms. The predicted molar refractivity (Wildman–Crippen MR) is 97.9 cm³/mol. The molecular weight excluding hydrogens is 338 g/mol. The first kappa shape index (κ1) is 20.7. The Morgan fingerprint density at radius 3 is 2.40 bits per heavy atom. The van der Waals surface area contributed by atoms with E-state index in [1.54, 1.807) is 26.0 Å². The molecule has 8 heteroatoms. The molecule has 0 aliphatic heterocycles. The third-order valence-electron chi connectivity index (χ3n) is 2.70. The number of ether oxygens (including phenoxy) is 3. The molecule has 0 atom stereocenters. The second-order valence-electron chi connectivity index (χ2n) is 6.06. The highest BCUT2D eigenvalue weighted by atomic mass is 28.3. The van der Waals surface area contributed by atoms with Crippen LogP contribution in [0.5, 0.6) is 0 Å². The van der Waals surface area contributed by atoms with Gasteiger partial charge in [-0.3, -0.25) is 0 Å². The molecule has 134 valence electrons. The highest BCUT2D eigenvalue weighted by Crippen LogP contribution is 2.19. The minimum atomic E-state index is -1.59. The van der Waals surface area contributed by atoms with Crippen molar-refractivity contribution < 1.29 is 19.0 Å². The van der Waals surface area contributed by atoms with Gasteiger partial charge in [0.2, 0.25) is 0 Å². The minimum Gasteiger partial charge on any atom is -0.407 e. The van der Waals surface area contributed by atoms with E-state index in [-0.39, 0.29) is 5.56 Å². The number of carbonyl (C=O) groups is 1. The van der Waals surface area contributed by atoms with Gasteiger partial charge < -0.3 is 14.2 Å². The molecule has 0 N–H and O–H groups in total. The molecule has 0 heterocycles. The highest BCUT2D eigenvalue weighted by molar-refractivity contribution is 6.83. The first-order valence-corrected chi connectivity index (χ1v) is 11.5. The Morgan fingerprint density at radius 1 is 1.24 bits per heavy atom. The van der Waals surface area contributed by atoms with Crippen molar-refractivity contribution >= 4 is 19.7 Å². The molecular formula is C17H23N3O4Si. The van der Waals surface area contributed by atoms with Crippen molar-refractivity contribution in [2.45, 2.75) is 40.0 Å². The van der Waals surface area contributed by atoms with Crippen LogP contribution in [0.2, 0.25) is 19.6 Å². The lowest BCUT2D eigenvalue weighted by Gasteiger charge is -2.17. The quantitative estimate of drug-likeness (QED) is 0.137. The van der Waals surface area contributed by atoms with Gasteiger partial charge in [-0.25, -0.2) is 4.79 Å². The monoisotopic (exact) mass is 361 g/mol. The second kappa shape index (κ2) is 9.86. The maximum Gasteiger partial charge on any atom is 0.342 e. The highest BCUT2D eigenvalue weighted by Gasteiger charge is 2.17. The van der Waals surface area contributed by atoms with Crippen molar-refractivity contribution in [3.63, 3.8) is 0 Å². The van der Waals surface area contributed by atoms with Crippen molar-refractivity contribution in [3.8, 4) is 11.5 Å². The first-order valence-electron chi connectivity index (χ1n) is 7.96. The lowest BCUT2D eigenvalue weighted by atomic mass is 10.1. The minimum absolute atomic E-state index is 0.217. The Labute approximate surface area is 148 Å². The maximum absolute atomic E-state index is 12.4. The molecule has 0 aliphatic rings. The van der Waals surface area contributed by atoms with Gasteiger partial charge in [-0.2, -0.15) is 0 Å². The average Bonchev–Trinajstić information content (AvgIpc) is 2.53. The van der Waals surface area contributed by atoms with Crippen LogP contribution in [0.3, 0.4) is 0 Å². The van der Waals surface area contributed by atoms with Crippen molar-refractivity contribution in [2.75, 3.05) is 13.2 Å². The summed E-state index contributed by atoms with van der Waals surface area (Å²) in [6, 6.07) is 4.67. The first-order chi connectivity index (χ1) is 11.8. The molecule has 0 aromatic heterocycles. The second-order valence-corrected chi connectivity index (χ2v) is 10.8. The van der Waals surface area contributed by atoms with E-state index in [9.17, 15) is 4.79 Å². The van der Waals surface area contributed by atoms with Crippen LogP contribution in [-0.4, -0.2) is 33.7 Å². The van der Waals surface area contributed by atoms with E-state index in [2.05, 4.69) is 41.1 Å². The SMILES string of the molecule is CCOC(OCC)OC(=O)c1cc(C#C[Si](C)(C)C)cc(N=[N+]=[N-])c1. The van der Waals surface area contributed by atoms with Crippen molar-refractivity contribution in [1.82, 2.24) is 0 Å². The zero-order chi connectivity index (χ0) is 18.9. The summed E-state index contributed by atoms with van der Waals surface area (Å²) in [5, 5.41) is 3.56. The van der Waals surface area contributed by atoms with Gasteiger partial charge in [0.25, 0.3) is 0 Å². The van der Waals surface area contributed by atoms with Gasteiger partial charge in [0.15, 0.2) is 0 Å². The Hall–Kier alpha value is -2.30. The third kappa shape index (κ3) is 7.87. The summed E-state index contributed by atoms with van der Waals surface area (Å²) in [6.07, 6.45) is 0. The van der Waals surface area contributed by atoms with Crippen LogP contribution in [0.25, 0.3) is 10.4 Å². The average molecular weight is 361 g/mol. The molecule has 0 radical (unpaired) electrons. The number of hydrogen-bond acceptors (Lipinski definition) is 5. The predicted octanol–water partition coefficient (Wildman–Crippen LogP) is 4.37. The fourth-order valence-electron chi connectivity index (χ4n) is 1.71. The summed E-state index contributed by atoms with van der Waals surface area (Å²) in [6.45, 7) is 9.47.